The molecule has 0 bridgehead atoms. The van der Waals surface area contributed by atoms with Crippen LogP contribution in [0.5, 0.6) is 5.75 Å². The van der Waals surface area contributed by atoms with Crippen LogP contribution in [0.4, 0.5) is 0 Å². The van der Waals surface area contributed by atoms with Crippen molar-refractivity contribution < 1.29 is 9.53 Å². The highest BCUT2D eigenvalue weighted by atomic mass is 35.5. The lowest BCUT2D eigenvalue weighted by Gasteiger charge is -2.38. The van der Waals surface area contributed by atoms with E-state index in [1.807, 2.05) is 41.3 Å². The fourth-order valence-electron chi connectivity index (χ4n) is 4.04. The van der Waals surface area contributed by atoms with Gasteiger partial charge in [0, 0.05) is 35.4 Å². The molecule has 2 fully saturated rings. The van der Waals surface area contributed by atoms with E-state index in [4.69, 9.17) is 16.3 Å². The van der Waals surface area contributed by atoms with Crippen LogP contribution in [0.2, 0.25) is 5.02 Å². The van der Waals surface area contributed by atoms with Crippen LogP contribution in [-0.4, -0.2) is 43.6 Å². The minimum absolute atomic E-state index is 0. The van der Waals surface area contributed by atoms with Crippen molar-refractivity contribution in [3.63, 3.8) is 0 Å². The molecule has 2 heterocycles. The summed E-state index contributed by atoms with van der Waals surface area (Å²) in [5.41, 5.74) is 0.421. The summed E-state index contributed by atoms with van der Waals surface area (Å²) in [5, 5.41) is 6.04. The normalized spacial score (nSPS) is 18.7. The Labute approximate surface area is 165 Å². The van der Waals surface area contributed by atoms with Gasteiger partial charge >= 0.3 is 0 Å². The van der Waals surface area contributed by atoms with Crippen LogP contribution < -0.4 is 10.1 Å². The van der Waals surface area contributed by atoms with Crippen LogP contribution in [0.1, 0.15) is 19.3 Å². The summed E-state index contributed by atoms with van der Waals surface area (Å²) in [6.07, 6.45) is 3.42. The van der Waals surface area contributed by atoms with Crippen molar-refractivity contribution in [2.24, 2.45) is 5.41 Å². The molecular weight excluding hydrogens is 371 g/mol. The van der Waals surface area contributed by atoms with Crippen molar-refractivity contribution in [2.45, 2.75) is 19.3 Å². The van der Waals surface area contributed by atoms with Gasteiger partial charge in [-0.25, -0.2) is 0 Å². The van der Waals surface area contributed by atoms with E-state index < -0.39 is 0 Å². The molecule has 2 saturated heterocycles. The number of piperidine rings is 1. The van der Waals surface area contributed by atoms with Gasteiger partial charge in [-0.1, -0.05) is 35.9 Å². The van der Waals surface area contributed by atoms with Gasteiger partial charge in [0.2, 0.25) is 0 Å². The molecule has 0 saturated carbocycles. The predicted molar refractivity (Wildman–Crippen MR) is 107 cm³/mol. The first kappa shape index (κ1) is 19.3. The lowest BCUT2D eigenvalue weighted by atomic mass is 9.78. The van der Waals surface area contributed by atoms with E-state index >= 15 is 0 Å². The number of carbonyl (C=O) groups is 1. The Morgan fingerprint density at radius 2 is 1.85 bits per heavy atom. The maximum Gasteiger partial charge on any atom is 0.260 e. The molecular formula is C20H24Cl2N2O2. The molecule has 0 aromatic heterocycles. The van der Waals surface area contributed by atoms with E-state index in [9.17, 15) is 4.79 Å². The fourth-order valence-corrected chi connectivity index (χ4v) is 4.27. The number of hydrogen-bond donors (Lipinski definition) is 1. The number of hydrogen-bond acceptors (Lipinski definition) is 3. The molecule has 4 rings (SSSR count). The summed E-state index contributed by atoms with van der Waals surface area (Å²) in [4.78, 5) is 14.5. The standard InChI is InChI=1S/C20H23ClN2O2.ClH/c21-17-5-6-18(16-4-2-1-3-15(16)17)25-13-19(24)23-11-8-20(9-12-23)7-10-22-14-20;/h1-6,22H,7-14H2;1H. The second kappa shape index (κ2) is 8.03. The quantitative estimate of drug-likeness (QED) is 0.857. The van der Waals surface area contributed by atoms with Crippen LogP contribution in [0.3, 0.4) is 0 Å². The van der Waals surface area contributed by atoms with Crippen LogP contribution >= 0.6 is 24.0 Å². The van der Waals surface area contributed by atoms with Crippen molar-refractivity contribution in [3.8, 4) is 5.75 Å². The molecule has 4 nitrogen and oxygen atoms in total. The maximum absolute atomic E-state index is 12.5. The Balaban J connectivity index is 0.00000196. The summed E-state index contributed by atoms with van der Waals surface area (Å²) in [6.45, 7) is 3.97. The average molecular weight is 395 g/mol. The molecule has 2 aliphatic rings. The first-order chi connectivity index (χ1) is 12.2. The molecule has 2 aromatic rings. The number of amides is 1. The number of nitrogens with zero attached hydrogens (tertiary/aromatic N) is 1. The van der Waals surface area contributed by atoms with Gasteiger partial charge in [0.1, 0.15) is 5.75 Å². The van der Waals surface area contributed by atoms with E-state index in [0.29, 0.717) is 16.2 Å². The van der Waals surface area contributed by atoms with Gasteiger partial charge in [-0.15, -0.1) is 12.4 Å². The Bertz CT molecular complexity index is 780. The van der Waals surface area contributed by atoms with Gasteiger partial charge in [-0.2, -0.15) is 0 Å². The predicted octanol–water partition coefficient (Wildman–Crippen LogP) is 3.90. The van der Waals surface area contributed by atoms with Gasteiger partial charge in [0.25, 0.3) is 5.91 Å². The zero-order valence-corrected chi connectivity index (χ0v) is 16.2. The van der Waals surface area contributed by atoms with Crippen molar-refractivity contribution >= 4 is 40.7 Å². The summed E-state index contributed by atoms with van der Waals surface area (Å²) < 4.78 is 5.84. The lowest BCUT2D eigenvalue weighted by Crippen LogP contribution is -2.45. The summed E-state index contributed by atoms with van der Waals surface area (Å²) in [7, 11) is 0. The van der Waals surface area contributed by atoms with E-state index in [-0.39, 0.29) is 24.9 Å². The Kier molecular flexibility index (Phi) is 5.96. The Hall–Kier alpha value is -1.49. The topological polar surface area (TPSA) is 41.6 Å². The highest BCUT2D eigenvalue weighted by Gasteiger charge is 2.38. The van der Waals surface area contributed by atoms with E-state index in [2.05, 4.69) is 5.32 Å². The van der Waals surface area contributed by atoms with Crippen molar-refractivity contribution in [2.75, 3.05) is 32.8 Å². The Morgan fingerprint density at radius 3 is 2.54 bits per heavy atom. The molecule has 1 spiro atoms. The van der Waals surface area contributed by atoms with Crippen LogP contribution in [0, 0.1) is 5.41 Å². The number of benzene rings is 2. The third-order valence-electron chi connectivity index (χ3n) is 5.69. The fraction of sp³-hybridized carbons (Fsp3) is 0.450. The first-order valence-corrected chi connectivity index (χ1v) is 9.33. The van der Waals surface area contributed by atoms with Gasteiger partial charge < -0.3 is 15.0 Å². The van der Waals surface area contributed by atoms with E-state index in [1.165, 1.54) is 6.42 Å². The van der Waals surface area contributed by atoms with Crippen LogP contribution in [-0.2, 0) is 4.79 Å². The van der Waals surface area contributed by atoms with Crippen LogP contribution in [0.15, 0.2) is 36.4 Å². The monoisotopic (exact) mass is 394 g/mol. The molecule has 0 atom stereocenters. The van der Waals surface area contributed by atoms with Crippen molar-refractivity contribution in [1.29, 1.82) is 0 Å². The highest BCUT2D eigenvalue weighted by molar-refractivity contribution is 6.35. The second-order valence-electron chi connectivity index (χ2n) is 7.19. The zero-order chi connectivity index (χ0) is 17.3. The first-order valence-electron chi connectivity index (χ1n) is 8.95. The third kappa shape index (κ3) is 3.78. The third-order valence-corrected chi connectivity index (χ3v) is 6.02. The molecule has 2 aromatic carbocycles. The molecule has 26 heavy (non-hydrogen) atoms. The largest absolute Gasteiger partial charge is 0.483 e. The minimum Gasteiger partial charge on any atom is -0.483 e. The number of ether oxygens (including phenoxy) is 1. The summed E-state index contributed by atoms with van der Waals surface area (Å²) in [6, 6.07) is 11.5. The molecule has 2 aliphatic heterocycles. The van der Waals surface area contributed by atoms with Crippen molar-refractivity contribution in [3.05, 3.63) is 41.4 Å². The average Bonchev–Trinajstić information content (AvgIpc) is 3.10. The zero-order valence-electron chi connectivity index (χ0n) is 14.7. The Morgan fingerprint density at radius 1 is 1.12 bits per heavy atom. The van der Waals surface area contributed by atoms with E-state index in [1.54, 1.807) is 0 Å². The molecule has 0 radical (unpaired) electrons. The number of rotatable bonds is 3. The van der Waals surface area contributed by atoms with Crippen LogP contribution in [0.25, 0.3) is 10.8 Å². The maximum atomic E-state index is 12.5. The number of nitrogens with one attached hydrogen (secondary N) is 1. The van der Waals surface area contributed by atoms with E-state index in [0.717, 1.165) is 49.8 Å². The lowest BCUT2D eigenvalue weighted by molar-refractivity contribution is -0.135. The second-order valence-corrected chi connectivity index (χ2v) is 7.59. The number of likely N-dealkylation sites (tertiary alicyclic amines) is 1. The highest BCUT2D eigenvalue weighted by Crippen LogP contribution is 2.37. The van der Waals surface area contributed by atoms with Gasteiger partial charge in [0.05, 0.1) is 0 Å². The summed E-state index contributed by atoms with van der Waals surface area (Å²) >= 11 is 6.24. The molecule has 0 aliphatic carbocycles. The molecule has 140 valence electrons. The summed E-state index contributed by atoms with van der Waals surface area (Å²) in [5.74, 6) is 0.779. The minimum atomic E-state index is 0. The molecule has 0 unspecified atom stereocenters. The van der Waals surface area contributed by atoms with Crippen molar-refractivity contribution in [1.82, 2.24) is 10.2 Å². The molecule has 6 heteroatoms. The molecule has 1 amide bonds. The smallest absolute Gasteiger partial charge is 0.260 e. The SMILES string of the molecule is Cl.O=C(COc1ccc(Cl)c2ccccc12)N1CCC2(CCNC2)CC1. The van der Waals surface area contributed by atoms with Gasteiger partial charge in [-0.3, -0.25) is 4.79 Å². The number of carbonyl (C=O) groups excluding carboxylic acids is 1. The number of halogens is 2. The molecule has 1 N–H and O–H groups in total. The van der Waals surface area contributed by atoms with Gasteiger partial charge in [-0.05, 0) is 43.4 Å². The van der Waals surface area contributed by atoms with Gasteiger partial charge in [0.15, 0.2) is 6.61 Å². The number of fused-ring (bicyclic) bond motifs is 1.